The quantitative estimate of drug-likeness (QED) is 0.555. The summed E-state index contributed by atoms with van der Waals surface area (Å²) >= 11 is 0. The van der Waals surface area contributed by atoms with Crippen molar-refractivity contribution in [3.8, 4) is 6.07 Å². The summed E-state index contributed by atoms with van der Waals surface area (Å²) in [6.07, 6.45) is 13.5. The van der Waals surface area contributed by atoms with Gasteiger partial charge in [0.05, 0.1) is 29.2 Å². The smallest absolute Gasteiger partial charge is 0.254 e. The molecule has 2 N–H and O–H groups in total. The molecule has 3 aromatic heterocycles. The average molecular weight is 444 g/mol. The lowest BCUT2D eigenvalue weighted by Gasteiger charge is -2.25. The zero-order valence-corrected chi connectivity index (χ0v) is 18.7. The lowest BCUT2D eigenvalue weighted by atomic mass is 9.85. The fraction of sp³-hybridized carbons (Fsp3) is 0.440. The molecule has 1 atom stereocenters. The molecule has 0 radical (unpaired) electrons. The zero-order chi connectivity index (χ0) is 22.6. The van der Waals surface area contributed by atoms with Crippen molar-refractivity contribution in [3.05, 3.63) is 59.8 Å². The van der Waals surface area contributed by atoms with Gasteiger partial charge in [-0.2, -0.15) is 5.26 Å². The fourth-order valence-electron chi connectivity index (χ4n) is 4.51. The van der Waals surface area contributed by atoms with Crippen LogP contribution in [0.1, 0.15) is 59.8 Å². The Morgan fingerprint density at radius 2 is 2.03 bits per heavy atom. The second-order valence-electron chi connectivity index (χ2n) is 9.06. The van der Waals surface area contributed by atoms with Crippen molar-refractivity contribution in [1.82, 2.24) is 25.0 Å². The van der Waals surface area contributed by atoms with Gasteiger partial charge in [0.25, 0.3) is 5.91 Å². The molecule has 2 fully saturated rings. The molecule has 1 saturated carbocycles. The number of carbonyl (C=O) groups is 1. The molecule has 1 unspecified atom stereocenters. The fourth-order valence-corrected chi connectivity index (χ4v) is 4.51. The van der Waals surface area contributed by atoms with E-state index >= 15 is 0 Å². The number of aromatic nitrogens is 3. The molecule has 33 heavy (non-hydrogen) atoms. The lowest BCUT2D eigenvalue weighted by Crippen LogP contribution is -2.28. The summed E-state index contributed by atoms with van der Waals surface area (Å²) in [4.78, 5) is 23.9. The van der Waals surface area contributed by atoms with Crippen molar-refractivity contribution in [3.63, 3.8) is 0 Å². The van der Waals surface area contributed by atoms with Crippen LogP contribution in [0.4, 0.5) is 5.69 Å². The number of imidazole rings is 1. The third-order valence-electron chi connectivity index (χ3n) is 6.68. The Labute approximate surface area is 193 Å². The van der Waals surface area contributed by atoms with E-state index in [0.29, 0.717) is 11.3 Å². The topological polar surface area (TPSA) is 98.3 Å². The van der Waals surface area contributed by atoms with E-state index in [-0.39, 0.29) is 5.91 Å². The molecule has 5 rings (SSSR count). The van der Waals surface area contributed by atoms with E-state index in [0.717, 1.165) is 61.8 Å². The summed E-state index contributed by atoms with van der Waals surface area (Å²) < 4.78 is 1.92. The van der Waals surface area contributed by atoms with Crippen LogP contribution in [0.2, 0.25) is 0 Å². The summed E-state index contributed by atoms with van der Waals surface area (Å²) in [5.74, 6) is 0.493. The van der Waals surface area contributed by atoms with Crippen LogP contribution < -0.4 is 15.5 Å². The maximum absolute atomic E-state index is 12.9. The number of anilines is 1. The van der Waals surface area contributed by atoms with E-state index in [1.165, 1.54) is 25.5 Å². The molecular weight excluding hydrogens is 414 g/mol. The Morgan fingerprint density at radius 1 is 1.18 bits per heavy atom. The summed E-state index contributed by atoms with van der Waals surface area (Å²) in [5.41, 5.74) is 3.82. The minimum Gasteiger partial charge on any atom is -0.370 e. The second kappa shape index (κ2) is 9.59. The molecule has 8 heteroatoms. The van der Waals surface area contributed by atoms with E-state index < -0.39 is 6.04 Å². The van der Waals surface area contributed by atoms with E-state index in [2.05, 4.69) is 37.6 Å². The van der Waals surface area contributed by atoms with Crippen molar-refractivity contribution < 1.29 is 4.79 Å². The summed E-state index contributed by atoms with van der Waals surface area (Å²) in [6.45, 7) is 3.82. The SMILES string of the molecule is N#CC(NC(=O)c1cncc(N2CCCC2)c1)c1cn2cc(CNCC3CCC3)ccc2n1. The van der Waals surface area contributed by atoms with Crippen LogP contribution in [0, 0.1) is 17.2 Å². The second-order valence-corrected chi connectivity index (χ2v) is 9.06. The molecule has 1 saturated heterocycles. The normalized spacial score (nSPS) is 17.0. The molecule has 0 aromatic carbocycles. The molecule has 1 aliphatic heterocycles. The molecule has 1 amide bonds. The van der Waals surface area contributed by atoms with Crippen LogP contribution in [0.5, 0.6) is 0 Å². The van der Waals surface area contributed by atoms with Gasteiger partial charge < -0.3 is 19.9 Å². The number of nitriles is 1. The number of hydrogen-bond donors (Lipinski definition) is 2. The molecule has 0 bridgehead atoms. The molecule has 4 heterocycles. The number of hydrogen-bond acceptors (Lipinski definition) is 6. The van der Waals surface area contributed by atoms with Gasteiger partial charge in [0.15, 0.2) is 6.04 Å². The number of nitrogens with zero attached hydrogens (tertiary/aromatic N) is 5. The summed E-state index contributed by atoms with van der Waals surface area (Å²) in [6, 6.07) is 7.17. The average Bonchev–Trinajstić information content (AvgIpc) is 3.49. The van der Waals surface area contributed by atoms with Gasteiger partial charge >= 0.3 is 0 Å². The van der Waals surface area contributed by atoms with Crippen LogP contribution in [0.25, 0.3) is 5.65 Å². The highest BCUT2D eigenvalue weighted by Gasteiger charge is 2.20. The van der Waals surface area contributed by atoms with E-state index in [9.17, 15) is 10.1 Å². The van der Waals surface area contributed by atoms with Crippen molar-refractivity contribution >= 4 is 17.2 Å². The van der Waals surface area contributed by atoms with Crippen LogP contribution in [0.15, 0.2) is 43.0 Å². The standard InChI is InChI=1S/C25H29N7O/c26-11-22(30-25(33)20-10-21(15-28-14-20)31-8-1-2-9-31)23-17-32-16-19(6-7-24(32)29-23)13-27-12-18-4-3-5-18/h6-7,10,14-18,22,27H,1-5,8-9,12-13H2,(H,30,33). The van der Waals surface area contributed by atoms with E-state index in [1.54, 1.807) is 6.20 Å². The van der Waals surface area contributed by atoms with Crippen LogP contribution >= 0.6 is 0 Å². The zero-order valence-electron chi connectivity index (χ0n) is 18.7. The Kier molecular flexibility index (Phi) is 6.22. The molecule has 170 valence electrons. The maximum Gasteiger partial charge on any atom is 0.254 e. The monoisotopic (exact) mass is 443 g/mol. The highest BCUT2D eigenvalue weighted by atomic mass is 16.1. The van der Waals surface area contributed by atoms with Gasteiger partial charge in [-0.15, -0.1) is 0 Å². The Morgan fingerprint density at radius 3 is 2.79 bits per heavy atom. The van der Waals surface area contributed by atoms with Crippen molar-refractivity contribution in [2.75, 3.05) is 24.5 Å². The predicted molar refractivity (Wildman–Crippen MR) is 126 cm³/mol. The first kappa shape index (κ1) is 21.4. The van der Waals surface area contributed by atoms with Crippen LogP contribution in [0.3, 0.4) is 0 Å². The number of amides is 1. The van der Waals surface area contributed by atoms with Crippen molar-refractivity contribution in [2.24, 2.45) is 5.92 Å². The molecule has 1 aliphatic carbocycles. The Balaban J connectivity index is 1.26. The first-order chi connectivity index (χ1) is 16.2. The Bertz CT molecular complexity index is 1170. The van der Waals surface area contributed by atoms with Gasteiger partial charge in [0.2, 0.25) is 0 Å². The number of nitrogens with one attached hydrogen (secondary N) is 2. The van der Waals surface area contributed by atoms with Gasteiger partial charge in [-0.1, -0.05) is 12.5 Å². The van der Waals surface area contributed by atoms with Crippen LogP contribution in [-0.4, -0.2) is 39.9 Å². The first-order valence-corrected chi connectivity index (χ1v) is 11.8. The van der Waals surface area contributed by atoms with E-state index in [1.807, 2.05) is 28.9 Å². The molecule has 3 aromatic rings. The van der Waals surface area contributed by atoms with Crippen molar-refractivity contribution in [1.29, 1.82) is 5.26 Å². The van der Waals surface area contributed by atoms with Crippen LogP contribution in [-0.2, 0) is 6.54 Å². The van der Waals surface area contributed by atoms with E-state index in [4.69, 9.17) is 0 Å². The third-order valence-corrected chi connectivity index (χ3v) is 6.68. The maximum atomic E-state index is 12.9. The lowest BCUT2D eigenvalue weighted by molar-refractivity contribution is 0.0944. The number of rotatable bonds is 8. The molecular formula is C25H29N7O. The predicted octanol–water partition coefficient (Wildman–Crippen LogP) is 3.21. The molecule has 2 aliphatic rings. The van der Waals surface area contributed by atoms with Gasteiger partial charge in [-0.05, 0) is 55.8 Å². The number of fused-ring (bicyclic) bond motifs is 1. The third kappa shape index (κ3) is 4.83. The van der Waals surface area contributed by atoms with Gasteiger partial charge in [0, 0.05) is 38.2 Å². The van der Waals surface area contributed by atoms with Gasteiger partial charge in [0.1, 0.15) is 5.65 Å². The van der Waals surface area contributed by atoms with Gasteiger partial charge in [-0.25, -0.2) is 4.98 Å². The molecule has 8 nitrogen and oxygen atoms in total. The number of carbonyl (C=O) groups excluding carboxylic acids is 1. The highest BCUT2D eigenvalue weighted by Crippen LogP contribution is 2.25. The Hall–Kier alpha value is -3.44. The molecule has 0 spiro atoms. The highest BCUT2D eigenvalue weighted by molar-refractivity contribution is 5.95. The first-order valence-electron chi connectivity index (χ1n) is 11.8. The van der Waals surface area contributed by atoms with Gasteiger partial charge in [-0.3, -0.25) is 9.78 Å². The minimum atomic E-state index is -0.840. The summed E-state index contributed by atoms with van der Waals surface area (Å²) in [5, 5.41) is 16.1. The largest absolute Gasteiger partial charge is 0.370 e. The summed E-state index contributed by atoms with van der Waals surface area (Å²) in [7, 11) is 0. The minimum absolute atomic E-state index is 0.326. The number of pyridine rings is 2. The van der Waals surface area contributed by atoms with Crippen molar-refractivity contribution in [2.45, 2.75) is 44.7 Å².